The minimum Gasteiger partial charge on any atom is -0.342 e. The predicted molar refractivity (Wildman–Crippen MR) is 71.9 cm³/mol. The van der Waals surface area contributed by atoms with E-state index in [-0.39, 0.29) is 23.0 Å². The molecule has 0 spiro atoms. The minimum atomic E-state index is -3.32. The lowest BCUT2D eigenvalue weighted by Crippen LogP contribution is -2.40. The number of hydrogen-bond acceptors (Lipinski definition) is 4. The second kappa shape index (κ2) is 6.52. The van der Waals surface area contributed by atoms with Crippen LogP contribution in [0, 0.1) is 0 Å². The second-order valence-electron chi connectivity index (χ2n) is 4.91. The van der Waals surface area contributed by atoms with Gasteiger partial charge in [-0.2, -0.15) is 0 Å². The average molecular weight is 276 g/mol. The van der Waals surface area contributed by atoms with Gasteiger partial charge in [0.2, 0.25) is 5.91 Å². The van der Waals surface area contributed by atoms with Gasteiger partial charge >= 0.3 is 0 Å². The number of sulfone groups is 1. The lowest BCUT2D eigenvalue weighted by atomic mass is 9.96. The maximum absolute atomic E-state index is 12.2. The molecule has 0 aromatic heterocycles. The smallest absolute Gasteiger partial charge is 0.237 e. The summed E-state index contributed by atoms with van der Waals surface area (Å²) < 4.78 is 24.3. The van der Waals surface area contributed by atoms with Crippen molar-refractivity contribution < 1.29 is 13.2 Å². The first-order valence-corrected chi connectivity index (χ1v) is 8.37. The molecule has 2 N–H and O–H groups in total. The molecule has 1 aliphatic carbocycles. The van der Waals surface area contributed by atoms with E-state index >= 15 is 0 Å². The van der Waals surface area contributed by atoms with Crippen LogP contribution in [0.1, 0.15) is 39.5 Å². The van der Waals surface area contributed by atoms with E-state index in [2.05, 4.69) is 0 Å². The molecule has 0 radical (unpaired) electrons. The van der Waals surface area contributed by atoms with Gasteiger partial charge in [0.15, 0.2) is 9.84 Å². The van der Waals surface area contributed by atoms with E-state index in [1.54, 1.807) is 4.90 Å². The van der Waals surface area contributed by atoms with Crippen LogP contribution in [0.5, 0.6) is 0 Å². The molecular weight excluding hydrogens is 252 g/mol. The summed E-state index contributed by atoms with van der Waals surface area (Å²) in [6.07, 6.45) is 2.66. The SMILES string of the molecule is CCN(CC)C(=O)CS(=O)(=O)C1CCC(N)CC1. The first kappa shape index (κ1) is 15.4. The summed E-state index contributed by atoms with van der Waals surface area (Å²) >= 11 is 0. The molecule has 5 nitrogen and oxygen atoms in total. The Bertz CT molecular complexity index is 369. The Morgan fingerprint density at radius 3 is 2.11 bits per heavy atom. The molecule has 1 amide bonds. The molecule has 0 saturated heterocycles. The standard InChI is InChI=1S/C12H24N2O3S/c1-3-14(4-2)12(15)9-18(16,17)11-7-5-10(13)6-8-11/h10-11H,3-9,13H2,1-2H3. The number of carbonyl (C=O) groups excluding carboxylic acids is 1. The third kappa shape index (κ3) is 3.95. The van der Waals surface area contributed by atoms with E-state index in [1.165, 1.54) is 0 Å². The molecular formula is C12H24N2O3S. The molecule has 1 saturated carbocycles. The summed E-state index contributed by atoms with van der Waals surface area (Å²) in [5.74, 6) is -0.635. The van der Waals surface area contributed by atoms with Crippen molar-refractivity contribution in [2.24, 2.45) is 5.73 Å². The molecule has 0 bridgehead atoms. The lowest BCUT2D eigenvalue weighted by molar-refractivity contribution is -0.128. The Kier molecular flexibility index (Phi) is 5.59. The number of rotatable bonds is 5. The largest absolute Gasteiger partial charge is 0.342 e. The molecule has 0 aromatic rings. The number of nitrogens with two attached hydrogens (primary N) is 1. The number of nitrogens with zero attached hydrogens (tertiary/aromatic N) is 1. The van der Waals surface area contributed by atoms with Gasteiger partial charge in [0, 0.05) is 19.1 Å². The van der Waals surface area contributed by atoms with Crippen molar-refractivity contribution >= 4 is 15.7 Å². The molecule has 1 aliphatic rings. The van der Waals surface area contributed by atoms with Gasteiger partial charge < -0.3 is 10.6 Å². The second-order valence-corrected chi connectivity index (χ2v) is 7.19. The number of amides is 1. The first-order valence-electron chi connectivity index (χ1n) is 6.65. The van der Waals surface area contributed by atoms with Crippen molar-refractivity contribution in [1.29, 1.82) is 0 Å². The molecule has 106 valence electrons. The summed E-state index contributed by atoms with van der Waals surface area (Å²) in [7, 11) is -3.32. The molecule has 0 aromatic carbocycles. The van der Waals surface area contributed by atoms with Gasteiger partial charge in [-0.15, -0.1) is 0 Å². The van der Waals surface area contributed by atoms with Crippen LogP contribution in [0.2, 0.25) is 0 Å². The van der Waals surface area contributed by atoms with Crippen LogP contribution in [0.3, 0.4) is 0 Å². The monoisotopic (exact) mass is 276 g/mol. The molecule has 1 fully saturated rings. The van der Waals surface area contributed by atoms with Crippen molar-refractivity contribution in [3.63, 3.8) is 0 Å². The summed E-state index contributed by atoms with van der Waals surface area (Å²) in [5, 5.41) is -0.378. The van der Waals surface area contributed by atoms with Crippen LogP contribution < -0.4 is 5.73 Å². The maximum atomic E-state index is 12.2. The van der Waals surface area contributed by atoms with E-state index < -0.39 is 9.84 Å². The van der Waals surface area contributed by atoms with Crippen LogP contribution in [0.4, 0.5) is 0 Å². The number of carbonyl (C=O) groups is 1. The highest BCUT2D eigenvalue weighted by Gasteiger charge is 2.32. The van der Waals surface area contributed by atoms with E-state index in [0.717, 1.165) is 12.8 Å². The van der Waals surface area contributed by atoms with Crippen molar-refractivity contribution in [3.8, 4) is 0 Å². The summed E-state index contributed by atoms with van der Waals surface area (Å²) in [4.78, 5) is 13.4. The first-order chi connectivity index (χ1) is 8.40. The quantitative estimate of drug-likeness (QED) is 0.794. The third-order valence-corrected chi connectivity index (χ3v) is 5.80. The molecule has 0 heterocycles. The Labute approximate surface area is 110 Å². The summed E-state index contributed by atoms with van der Waals surface area (Å²) in [6, 6.07) is 0.120. The van der Waals surface area contributed by atoms with Gasteiger partial charge in [-0.1, -0.05) is 0 Å². The van der Waals surface area contributed by atoms with Gasteiger partial charge in [0.05, 0.1) is 5.25 Å². The van der Waals surface area contributed by atoms with Crippen molar-refractivity contribution in [3.05, 3.63) is 0 Å². The Morgan fingerprint density at radius 1 is 1.17 bits per heavy atom. The van der Waals surface area contributed by atoms with Crippen LogP contribution in [-0.2, 0) is 14.6 Å². The Morgan fingerprint density at radius 2 is 1.67 bits per heavy atom. The molecule has 6 heteroatoms. The molecule has 1 rings (SSSR count). The van der Waals surface area contributed by atoms with Crippen LogP contribution in [0.25, 0.3) is 0 Å². The molecule has 0 aliphatic heterocycles. The zero-order chi connectivity index (χ0) is 13.8. The molecule has 18 heavy (non-hydrogen) atoms. The lowest BCUT2D eigenvalue weighted by Gasteiger charge is -2.26. The maximum Gasteiger partial charge on any atom is 0.237 e. The highest BCUT2D eigenvalue weighted by molar-refractivity contribution is 7.92. The summed E-state index contributed by atoms with van der Waals surface area (Å²) in [6.45, 7) is 4.82. The van der Waals surface area contributed by atoms with E-state index in [1.807, 2.05) is 13.8 Å². The van der Waals surface area contributed by atoms with Gasteiger partial charge in [-0.05, 0) is 39.5 Å². The van der Waals surface area contributed by atoms with Crippen LogP contribution in [0.15, 0.2) is 0 Å². The van der Waals surface area contributed by atoms with Gasteiger partial charge in [0.1, 0.15) is 5.75 Å². The summed E-state index contributed by atoms with van der Waals surface area (Å²) in [5.41, 5.74) is 5.76. The average Bonchev–Trinajstić information content (AvgIpc) is 2.30. The van der Waals surface area contributed by atoms with Crippen molar-refractivity contribution in [2.75, 3.05) is 18.8 Å². The molecule has 0 unspecified atom stereocenters. The third-order valence-electron chi connectivity index (χ3n) is 3.67. The fourth-order valence-corrected chi connectivity index (χ4v) is 4.16. The van der Waals surface area contributed by atoms with Crippen molar-refractivity contribution in [1.82, 2.24) is 4.90 Å². The van der Waals surface area contributed by atoms with Gasteiger partial charge in [0.25, 0.3) is 0 Å². The van der Waals surface area contributed by atoms with Gasteiger partial charge in [-0.3, -0.25) is 4.79 Å². The number of hydrogen-bond donors (Lipinski definition) is 1. The minimum absolute atomic E-state index is 0.120. The van der Waals surface area contributed by atoms with Crippen LogP contribution in [-0.4, -0.2) is 49.4 Å². The normalized spacial score (nSPS) is 24.8. The highest BCUT2D eigenvalue weighted by Crippen LogP contribution is 2.24. The topological polar surface area (TPSA) is 80.5 Å². The van der Waals surface area contributed by atoms with Crippen molar-refractivity contribution in [2.45, 2.75) is 50.8 Å². The van der Waals surface area contributed by atoms with E-state index in [4.69, 9.17) is 5.73 Å². The zero-order valence-electron chi connectivity index (χ0n) is 11.3. The van der Waals surface area contributed by atoms with Gasteiger partial charge in [-0.25, -0.2) is 8.42 Å². The highest BCUT2D eigenvalue weighted by atomic mass is 32.2. The fraction of sp³-hybridized carbons (Fsp3) is 0.917. The Hall–Kier alpha value is -0.620. The Balaban J connectivity index is 2.62. The zero-order valence-corrected chi connectivity index (χ0v) is 12.1. The van der Waals surface area contributed by atoms with E-state index in [9.17, 15) is 13.2 Å². The predicted octanol–water partition coefficient (Wildman–Crippen LogP) is 0.540. The van der Waals surface area contributed by atoms with E-state index in [0.29, 0.717) is 25.9 Å². The molecule has 0 atom stereocenters. The van der Waals surface area contributed by atoms with Crippen LogP contribution >= 0.6 is 0 Å². The fourth-order valence-electron chi connectivity index (χ4n) is 2.41.